The van der Waals surface area contributed by atoms with Crippen LogP contribution in [0.15, 0.2) is 18.2 Å². The minimum absolute atomic E-state index is 0.0775. The van der Waals surface area contributed by atoms with Gasteiger partial charge in [0.2, 0.25) is 0 Å². The van der Waals surface area contributed by atoms with Gasteiger partial charge in [0.15, 0.2) is 5.75 Å². The van der Waals surface area contributed by atoms with Crippen LogP contribution in [0.25, 0.3) is 0 Å². The number of unbranched alkanes of at least 4 members (excludes halogenated alkanes) is 4. The normalized spacial score (nSPS) is 10.4. The summed E-state index contributed by atoms with van der Waals surface area (Å²) in [5, 5.41) is 11.0. The molecule has 0 bridgehead atoms. The van der Waals surface area contributed by atoms with Crippen molar-refractivity contribution in [2.75, 3.05) is 13.7 Å². The summed E-state index contributed by atoms with van der Waals surface area (Å²) in [5.41, 5.74) is 0.303. The van der Waals surface area contributed by atoms with Crippen molar-refractivity contribution in [3.8, 4) is 5.75 Å². The summed E-state index contributed by atoms with van der Waals surface area (Å²) in [6.45, 7) is 2.49. The van der Waals surface area contributed by atoms with Crippen LogP contribution >= 0.6 is 0 Å². The standard InChI is InChI=1S/C20H29NO7/c1-3-4-5-6-7-13-27-19(22)9-8-10-20(23)28-15-16-11-12-18(26-2)17(14-16)21(24)25/h11-12,14H,3-10,13,15H2,1-2H3. The second kappa shape index (κ2) is 13.5. The van der Waals surface area contributed by atoms with Crippen molar-refractivity contribution in [2.45, 2.75) is 64.9 Å². The number of nitrogens with zero attached hydrogens (tertiary/aromatic N) is 1. The molecule has 0 amide bonds. The summed E-state index contributed by atoms with van der Waals surface area (Å²) in [4.78, 5) is 33.8. The quantitative estimate of drug-likeness (QED) is 0.200. The van der Waals surface area contributed by atoms with E-state index in [2.05, 4.69) is 6.92 Å². The van der Waals surface area contributed by atoms with Crippen LogP contribution in [-0.4, -0.2) is 30.6 Å². The van der Waals surface area contributed by atoms with Gasteiger partial charge in [0, 0.05) is 18.9 Å². The van der Waals surface area contributed by atoms with Gasteiger partial charge in [0.1, 0.15) is 6.61 Å². The molecular weight excluding hydrogens is 366 g/mol. The molecule has 0 aliphatic heterocycles. The monoisotopic (exact) mass is 395 g/mol. The lowest BCUT2D eigenvalue weighted by atomic mass is 10.2. The highest BCUT2D eigenvalue weighted by Crippen LogP contribution is 2.27. The third-order valence-electron chi connectivity index (χ3n) is 4.11. The van der Waals surface area contributed by atoms with Crippen LogP contribution in [0, 0.1) is 10.1 Å². The first-order valence-corrected chi connectivity index (χ1v) is 9.60. The van der Waals surface area contributed by atoms with Crippen molar-refractivity contribution >= 4 is 17.6 Å². The SMILES string of the molecule is CCCCCCCOC(=O)CCCC(=O)OCc1ccc(OC)c([N+](=O)[O-])c1. The molecule has 0 saturated heterocycles. The van der Waals surface area contributed by atoms with Gasteiger partial charge in [-0.05, 0) is 24.5 Å². The number of methoxy groups -OCH3 is 1. The smallest absolute Gasteiger partial charge is 0.311 e. The largest absolute Gasteiger partial charge is 0.490 e. The van der Waals surface area contributed by atoms with Gasteiger partial charge in [-0.25, -0.2) is 0 Å². The van der Waals surface area contributed by atoms with Crippen molar-refractivity contribution in [3.63, 3.8) is 0 Å². The zero-order valence-electron chi connectivity index (χ0n) is 16.6. The van der Waals surface area contributed by atoms with Gasteiger partial charge in [-0.15, -0.1) is 0 Å². The van der Waals surface area contributed by atoms with Crippen molar-refractivity contribution in [3.05, 3.63) is 33.9 Å². The van der Waals surface area contributed by atoms with E-state index in [9.17, 15) is 19.7 Å². The number of carbonyl (C=O) groups is 2. The van der Waals surface area contributed by atoms with Crippen LogP contribution in [0.3, 0.4) is 0 Å². The van der Waals surface area contributed by atoms with Crippen molar-refractivity contribution < 1.29 is 28.7 Å². The fraction of sp³-hybridized carbons (Fsp3) is 0.600. The van der Waals surface area contributed by atoms with E-state index in [1.165, 1.54) is 32.1 Å². The van der Waals surface area contributed by atoms with Crippen LogP contribution in [0.2, 0.25) is 0 Å². The molecular formula is C20H29NO7. The van der Waals surface area contributed by atoms with Gasteiger partial charge in [-0.2, -0.15) is 0 Å². The fourth-order valence-corrected chi connectivity index (χ4v) is 2.54. The lowest BCUT2D eigenvalue weighted by Crippen LogP contribution is -2.09. The predicted octanol–water partition coefficient (Wildman–Crippen LogP) is 4.33. The molecule has 0 fully saturated rings. The summed E-state index contributed by atoms with van der Waals surface area (Å²) in [5.74, 6) is -0.635. The minimum atomic E-state index is -0.556. The van der Waals surface area contributed by atoms with E-state index in [1.807, 2.05) is 0 Å². The average molecular weight is 395 g/mol. The number of nitro groups is 1. The molecule has 0 radical (unpaired) electrons. The molecule has 8 nitrogen and oxygen atoms in total. The number of hydrogen-bond acceptors (Lipinski definition) is 7. The van der Waals surface area contributed by atoms with E-state index in [0.29, 0.717) is 18.6 Å². The molecule has 0 aliphatic carbocycles. The average Bonchev–Trinajstić information content (AvgIpc) is 2.68. The summed E-state index contributed by atoms with van der Waals surface area (Å²) < 4.78 is 15.1. The lowest BCUT2D eigenvalue weighted by molar-refractivity contribution is -0.385. The Morgan fingerprint density at radius 1 is 1.00 bits per heavy atom. The molecule has 0 aromatic heterocycles. The molecule has 0 saturated carbocycles. The Labute approximate surface area is 165 Å². The molecule has 156 valence electrons. The molecule has 0 N–H and O–H groups in total. The van der Waals surface area contributed by atoms with Gasteiger partial charge in [0.05, 0.1) is 18.6 Å². The van der Waals surface area contributed by atoms with E-state index in [0.717, 1.165) is 19.3 Å². The second-order valence-corrected chi connectivity index (χ2v) is 6.41. The van der Waals surface area contributed by atoms with Crippen molar-refractivity contribution in [1.82, 2.24) is 0 Å². The number of rotatable bonds is 14. The Balaban J connectivity index is 2.22. The van der Waals surface area contributed by atoms with Crippen LogP contribution in [0.1, 0.15) is 63.9 Å². The third kappa shape index (κ3) is 9.34. The van der Waals surface area contributed by atoms with E-state index in [1.54, 1.807) is 6.07 Å². The van der Waals surface area contributed by atoms with Crippen molar-refractivity contribution in [2.24, 2.45) is 0 Å². The molecule has 0 spiro atoms. The zero-order chi connectivity index (χ0) is 20.8. The molecule has 28 heavy (non-hydrogen) atoms. The molecule has 1 rings (SSSR count). The minimum Gasteiger partial charge on any atom is -0.490 e. The Hall–Kier alpha value is -2.64. The molecule has 1 aromatic carbocycles. The summed E-state index contributed by atoms with van der Waals surface area (Å²) in [6.07, 6.45) is 6.03. The van der Waals surface area contributed by atoms with E-state index in [-0.39, 0.29) is 36.9 Å². The number of hydrogen-bond donors (Lipinski definition) is 0. The third-order valence-corrected chi connectivity index (χ3v) is 4.11. The molecule has 1 aromatic rings. The Morgan fingerprint density at radius 2 is 1.68 bits per heavy atom. The lowest BCUT2D eigenvalue weighted by Gasteiger charge is -2.07. The maximum absolute atomic E-state index is 11.8. The van der Waals surface area contributed by atoms with Crippen LogP contribution in [0.5, 0.6) is 5.75 Å². The number of esters is 2. The fourth-order valence-electron chi connectivity index (χ4n) is 2.54. The number of benzene rings is 1. The first kappa shape index (κ1) is 23.4. The van der Waals surface area contributed by atoms with E-state index < -0.39 is 10.9 Å². The van der Waals surface area contributed by atoms with Gasteiger partial charge in [-0.3, -0.25) is 19.7 Å². The predicted molar refractivity (Wildman–Crippen MR) is 103 cm³/mol. The van der Waals surface area contributed by atoms with Crippen LogP contribution in [0.4, 0.5) is 5.69 Å². The van der Waals surface area contributed by atoms with Gasteiger partial charge in [0.25, 0.3) is 0 Å². The van der Waals surface area contributed by atoms with Crippen LogP contribution in [-0.2, 0) is 25.7 Å². The number of ether oxygens (including phenoxy) is 3. The Morgan fingerprint density at radius 3 is 2.32 bits per heavy atom. The van der Waals surface area contributed by atoms with Crippen LogP contribution < -0.4 is 4.74 Å². The molecule has 0 aliphatic rings. The molecule has 8 heteroatoms. The van der Waals surface area contributed by atoms with Crippen molar-refractivity contribution in [1.29, 1.82) is 0 Å². The van der Waals surface area contributed by atoms with Gasteiger partial charge >= 0.3 is 17.6 Å². The van der Waals surface area contributed by atoms with E-state index in [4.69, 9.17) is 14.2 Å². The summed E-state index contributed by atoms with van der Waals surface area (Å²) in [6, 6.07) is 4.36. The number of nitro benzene ring substituents is 1. The first-order valence-electron chi connectivity index (χ1n) is 9.60. The molecule has 0 heterocycles. The highest BCUT2D eigenvalue weighted by atomic mass is 16.6. The molecule has 0 atom stereocenters. The zero-order valence-corrected chi connectivity index (χ0v) is 16.6. The highest BCUT2D eigenvalue weighted by molar-refractivity contribution is 5.72. The Bertz CT molecular complexity index is 645. The topological polar surface area (TPSA) is 105 Å². The van der Waals surface area contributed by atoms with Gasteiger partial charge in [-0.1, -0.05) is 38.7 Å². The van der Waals surface area contributed by atoms with E-state index >= 15 is 0 Å². The maximum Gasteiger partial charge on any atom is 0.311 e. The summed E-state index contributed by atoms with van der Waals surface area (Å²) in [7, 11) is 1.35. The van der Waals surface area contributed by atoms with Gasteiger partial charge < -0.3 is 14.2 Å². The highest BCUT2D eigenvalue weighted by Gasteiger charge is 2.16. The first-order chi connectivity index (χ1) is 13.5. The maximum atomic E-state index is 11.8. The second-order valence-electron chi connectivity index (χ2n) is 6.41. The molecule has 0 unspecified atom stereocenters. The number of carbonyl (C=O) groups excluding carboxylic acids is 2. The Kier molecular flexibility index (Phi) is 11.3. The summed E-state index contributed by atoms with van der Waals surface area (Å²) >= 11 is 0.